The third-order valence-electron chi connectivity index (χ3n) is 4.36. The van der Waals surface area contributed by atoms with Crippen molar-refractivity contribution in [1.29, 1.82) is 0 Å². The van der Waals surface area contributed by atoms with Crippen LogP contribution in [0.4, 0.5) is 5.95 Å². The summed E-state index contributed by atoms with van der Waals surface area (Å²) < 4.78 is 5.35. The molecule has 156 valence electrons. The van der Waals surface area contributed by atoms with Crippen LogP contribution < -0.4 is 20.7 Å². The smallest absolute Gasteiger partial charge is 0.255 e. The van der Waals surface area contributed by atoms with E-state index in [1.807, 2.05) is 24.3 Å². The van der Waals surface area contributed by atoms with Crippen molar-refractivity contribution in [3.05, 3.63) is 48.3 Å². The fourth-order valence-electron chi connectivity index (χ4n) is 2.99. The van der Waals surface area contributed by atoms with Gasteiger partial charge in [-0.25, -0.2) is 9.97 Å². The summed E-state index contributed by atoms with van der Waals surface area (Å²) in [4.78, 5) is 28.3. The van der Waals surface area contributed by atoms with E-state index >= 15 is 0 Å². The van der Waals surface area contributed by atoms with Gasteiger partial charge in [-0.1, -0.05) is 12.1 Å². The van der Waals surface area contributed by atoms with Gasteiger partial charge in [0, 0.05) is 52.2 Å². The normalized spacial score (nSPS) is 14.2. The van der Waals surface area contributed by atoms with Gasteiger partial charge < -0.3 is 25.6 Å². The van der Waals surface area contributed by atoms with Crippen LogP contribution in [0.3, 0.4) is 0 Å². The van der Waals surface area contributed by atoms with Gasteiger partial charge in [0.15, 0.2) is 12.6 Å². The highest BCUT2D eigenvalue weighted by Crippen LogP contribution is 2.14. The van der Waals surface area contributed by atoms with Gasteiger partial charge in [-0.05, 0) is 23.8 Å². The number of piperazine rings is 1. The molecule has 1 aromatic heterocycles. The highest BCUT2D eigenvalue weighted by Gasteiger charge is 2.20. The van der Waals surface area contributed by atoms with E-state index in [-0.39, 0.29) is 30.6 Å². The lowest BCUT2D eigenvalue weighted by molar-refractivity contribution is -0.119. The van der Waals surface area contributed by atoms with Crippen LogP contribution in [0, 0.1) is 0 Å². The maximum atomic E-state index is 10.9. The van der Waals surface area contributed by atoms with Crippen LogP contribution in [0.2, 0.25) is 0 Å². The molecule has 1 aliphatic rings. The van der Waals surface area contributed by atoms with Crippen LogP contribution >= 0.6 is 24.0 Å². The van der Waals surface area contributed by atoms with E-state index in [2.05, 4.69) is 30.1 Å². The molecule has 0 aliphatic carbocycles. The summed E-state index contributed by atoms with van der Waals surface area (Å²) in [6, 6.07) is 9.37. The van der Waals surface area contributed by atoms with Gasteiger partial charge in [-0.15, -0.1) is 24.0 Å². The second-order valence-corrected chi connectivity index (χ2v) is 6.33. The Morgan fingerprint density at radius 3 is 2.59 bits per heavy atom. The lowest BCUT2D eigenvalue weighted by Crippen LogP contribution is -2.52. The average Bonchev–Trinajstić information content (AvgIpc) is 2.74. The molecule has 1 aromatic carbocycles. The molecule has 3 N–H and O–H groups in total. The van der Waals surface area contributed by atoms with Gasteiger partial charge in [0.05, 0.1) is 0 Å². The first-order valence-electron chi connectivity index (χ1n) is 9.13. The standard InChI is InChI=1S/C19H25N7O2.HI/c1-21-18(24-13-15-4-2-5-16(12-15)28-14-17(20)27)25-8-10-26(11-9-25)19-22-6-3-7-23-19;/h2-7,12H,8-11,13-14H2,1H3,(H2,20,27)(H,21,24);1H. The highest BCUT2D eigenvalue weighted by atomic mass is 127. The number of aromatic nitrogens is 2. The van der Waals surface area contributed by atoms with Crippen LogP contribution in [0.5, 0.6) is 5.75 Å². The van der Waals surface area contributed by atoms with E-state index in [1.54, 1.807) is 25.5 Å². The Morgan fingerprint density at radius 1 is 1.21 bits per heavy atom. The molecule has 9 nitrogen and oxygen atoms in total. The van der Waals surface area contributed by atoms with Gasteiger partial charge in [-0.2, -0.15) is 0 Å². The number of amides is 1. The third-order valence-corrected chi connectivity index (χ3v) is 4.36. The molecule has 2 aromatic rings. The van der Waals surface area contributed by atoms with Crippen molar-refractivity contribution < 1.29 is 9.53 Å². The molecule has 0 unspecified atom stereocenters. The number of ether oxygens (including phenoxy) is 1. The minimum Gasteiger partial charge on any atom is -0.484 e. The molecule has 0 bridgehead atoms. The lowest BCUT2D eigenvalue weighted by Gasteiger charge is -2.36. The first-order valence-corrected chi connectivity index (χ1v) is 9.13. The number of carbonyl (C=O) groups excluding carboxylic acids is 1. The number of carbonyl (C=O) groups is 1. The number of rotatable bonds is 6. The zero-order valence-electron chi connectivity index (χ0n) is 16.3. The summed E-state index contributed by atoms with van der Waals surface area (Å²) in [5.74, 6) is 1.73. The molecule has 29 heavy (non-hydrogen) atoms. The number of primary amides is 1. The quantitative estimate of drug-likeness (QED) is 0.337. The number of hydrogen-bond donors (Lipinski definition) is 2. The maximum Gasteiger partial charge on any atom is 0.255 e. The topological polar surface area (TPSA) is 109 Å². The highest BCUT2D eigenvalue weighted by molar-refractivity contribution is 14.0. The first-order chi connectivity index (χ1) is 13.7. The molecule has 3 rings (SSSR count). The molecule has 0 atom stereocenters. The summed E-state index contributed by atoms with van der Waals surface area (Å²) >= 11 is 0. The number of halogens is 1. The van der Waals surface area contributed by atoms with E-state index in [4.69, 9.17) is 10.5 Å². The largest absolute Gasteiger partial charge is 0.484 e. The third kappa shape index (κ3) is 6.73. The van der Waals surface area contributed by atoms with Crippen molar-refractivity contribution in [2.75, 3.05) is 44.7 Å². The van der Waals surface area contributed by atoms with Gasteiger partial charge in [-0.3, -0.25) is 9.79 Å². The number of hydrogen-bond acceptors (Lipinski definition) is 6. The summed E-state index contributed by atoms with van der Waals surface area (Å²) in [5, 5.41) is 3.38. The van der Waals surface area contributed by atoms with Crippen LogP contribution in [0.25, 0.3) is 0 Å². The summed E-state index contributed by atoms with van der Waals surface area (Å²) in [6.45, 7) is 3.80. The van der Waals surface area contributed by atoms with Crippen molar-refractivity contribution in [3.63, 3.8) is 0 Å². The SMILES string of the molecule is CN=C(NCc1cccc(OCC(N)=O)c1)N1CCN(c2ncccn2)CC1.I. The Kier molecular flexibility index (Phi) is 8.90. The van der Waals surface area contributed by atoms with Crippen LogP contribution in [-0.2, 0) is 11.3 Å². The van der Waals surface area contributed by atoms with E-state index < -0.39 is 5.91 Å². The Bertz CT molecular complexity index is 811. The van der Waals surface area contributed by atoms with Crippen molar-refractivity contribution >= 4 is 41.8 Å². The minimum atomic E-state index is -0.496. The summed E-state index contributed by atoms with van der Waals surface area (Å²) in [7, 11) is 1.78. The predicted octanol–water partition coefficient (Wildman–Crippen LogP) is 0.856. The monoisotopic (exact) mass is 511 g/mol. The number of anilines is 1. The first kappa shape index (κ1) is 22.7. The van der Waals surface area contributed by atoms with Gasteiger partial charge in [0.2, 0.25) is 5.95 Å². The molecule has 0 saturated carbocycles. The second kappa shape index (κ2) is 11.4. The number of aliphatic imine (C=N–C) groups is 1. The van der Waals surface area contributed by atoms with E-state index in [0.29, 0.717) is 12.3 Å². The van der Waals surface area contributed by atoms with E-state index in [0.717, 1.165) is 43.7 Å². The van der Waals surface area contributed by atoms with E-state index in [9.17, 15) is 4.79 Å². The molecular weight excluding hydrogens is 485 g/mol. The summed E-state index contributed by atoms with van der Waals surface area (Å²) in [6.07, 6.45) is 3.52. The number of benzene rings is 1. The van der Waals surface area contributed by atoms with Crippen molar-refractivity contribution in [2.24, 2.45) is 10.7 Å². The second-order valence-electron chi connectivity index (χ2n) is 6.33. The fourth-order valence-corrected chi connectivity index (χ4v) is 2.99. The Morgan fingerprint density at radius 2 is 1.93 bits per heavy atom. The van der Waals surface area contributed by atoms with E-state index in [1.165, 1.54) is 0 Å². The molecule has 0 spiro atoms. The zero-order valence-corrected chi connectivity index (χ0v) is 18.7. The van der Waals surface area contributed by atoms with Crippen molar-refractivity contribution in [1.82, 2.24) is 20.2 Å². The molecule has 1 fully saturated rings. The molecular formula is C19H26IN7O2. The molecule has 10 heteroatoms. The molecule has 0 radical (unpaired) electrons. The number of nitrogens with two attached hydrogens (primary N) is 1. The van der Waals surface area contributed by atoms with Crippen LogP contribution in [0.1, 0.15) is 5.56 Å². The Balaban J connectivity index is 0.00000300. The Hall–Kier alpha value is -2.63. The lowest BCUT2D eigenvalue weighted by atomic mass is 10.2. The minimum absolute atomic E-state index is 0. The van der Waals surface area contributed by atoms with Crippen molar-refractivity contribution in [2.45, 2.75) is 6.54 Å². The summed E-state index contributed by atoms with van der Waals surface area (Å²) in [5.41, 5.74) is 6.14. The van der Waals surface area contributed by atoms with Gasteiger partial charge in [0.1, 0.15) is 5.75 Å². The van der Waals surface area contributed by atoms with Crippen LogP contribution in [0.15, 0.2) is 47.7 Å². The molecule has 2 heterocycles. The molecule has 1 saturated heterocycles. The predicted molar refractivity (Wildman–Crippen MR) is 123 cm³/mol. The number of nitrogens with zero attached hydrogens (tertiary/aromatic N) is 5. The fraction of sp³-hybridized carbons (Fsp3) is 0.368. The molecule has 1 amide bonds. The van der Waals surface area contributed by atoms with Gasteiger partial charge in [0.25, 0.3) is 5.91 Å². The average molecular weight is 511 g/mol. The zero-order chi connectivity index (χ0) is 19.8. The molecule has 1 aliphatic heterocycles. The maximum absolute atomic E-state index is 10.9. The van der Waals surface area contributed by atoms with Crippen LogP contribution in [-0.4, -0.2) is 66.6 Å². The number of nitrogens with one attached hydrogen (secondary N) is 1. The Labute approximate surface area is 187 Å². The van der Waals surface area contributed by atoms with Gasteiger partial charge >= 0.3 is 0 Å². The van der Waals surface area contributed by atoms with Crippen molar-refractivity contribution in [3.8, 4) is 5.75 Å². The number of guanidine groups is 1.